The first-order chi connectivity index (χ1) is 7.80. The van der Waals surface area contributed by atoms with Crippen molar-refractivity contribution in [2.75, 3.05) is 0 Å². The number of carbonyl (C=O) groups excluding carboxylic acids is 1. The lowest BCUT2D eigenvalue weighted by molar-refractivity contribution is -0.125. The third kappa shape index (κ3) is 1.70. The molecule has 17 heavy (non-hydrogen) atoms. The first kappa shape index (κ1) is 12.9. The van der Waals surface area contributed by atoms with E-state index < -0.39 is 0 Å². The summed E-state index contributed by atoms with van der Waals surface area (Å²) < 4.78 is 0. The largest absolute Gasteiger partial charge is 0.294 e. The van der Waals surface area contributed by atoms with Gasteiger partial charge in [-0.3, -0.25) is 4.79 Å². The van der Waals surface area contributed by atoms with E-state index in [1.165, 1.54) is 12.8 Å². The molecule has 2 aliphatic rings. The van der Waals surface area contributed by atoms with Crippen molar-refractivity contribution in [1.29, 1.82) is 0 Å². The summed E-state index contributed by atoms with van der Waals surface area (Å²) in [7, 11) is 0. The van der Waals surface area contributed by atoms with Crippen LogP contribution in [0.25, 0.3) is 0 Å². The van der Waals surface area contributed by atoms with E-state index in [1.807, 2.05) is 0 Å². The van der Waals surface area contributed by atoms with Gasteiger partial charge in [-0.2, -0.15) is 0 Å². The van der Waals surface area contributed by atoms with E-state index >= 15 is 0 Å². The topological polar surface area (TPSA) is 17.1 Å². The summed E-state index contributed by atoms with van der Waals surface area (Å²) in [5.74, 6) is 1.69. The van der Waals surface area contributed by atoms with Crippen molar-refractivity contribution in [2.24, 2.45) is 22.7 Å². The highest BCUT2D eigenvalue weighted by molar-refractivity contribution is 6.04. The quantitative estimate of drug-likeness (QED) is 0.662. The molecular weight excluding hydrogens is 208 g/mol. The zero-order valence-corrected chi connectivity index (χ0v) is 12.0. The van der Waals surface area contributed by atoms with Crippen LogP contribution < -0.4 is 0 Å². The molecule has 2 aliphatic carbocycles. The van der Waals surface area contributed by atoms with Crippen molar-refractivity contribution in [3.05, 3.63) is 11.6 Å². The van der Waals surface area contributed by atoms with Crippen LogP contribution in [0.3, 0.4) is 0 Å². The predicted molar refractivity (Wildman–Crippen MR) is 71.8 cm³/mol. The molecule has 0 aromatic rings. The Morgan fingerprint density at radius 1 is 1.35 bits per heavy atom. The summed E-state index contributed by atoms with van der Waals surface area (Å²) in [6, 6.07) is 0. The first-order valence-corrected chi connectivity index (χ1v) is 7.05. The lowest BCUT2D eigenvalue weighted by Gasteiger charge is -2.31. The molecule has 2 fully saturated rings. The van der Waals surface area contributed by atoms with E-state index in [0.717, 1.165) is 24.3 Å². The molecular formula is C16H26O. The van der Waals surface area contributed by atoms with Crippen molar-refractivity contribution < 1.29 is 4.79 Å². The normalized spacial score (nSPS) is 37.4. The number of hydrogen-bond acceptors (Lipinski definition) is 1. The van der Waals surface area contributed by atoms with Gasteiger partial charge >= 0.3 is 0 Å². The van der Waals surface area contributed by atoms with Crippen LogP contribution in [0.4, 0.5) is 0 Å². The van der Waals surface area contributed by atoms with Gasteiger partial charge in [0.2, 0.25) is 0 Å². The van der Waals surface area contributed by atoms with E-state index in [0.29, 0.717) is 11.7 Å². The third-order valence-electron chi connectivity index (χ3n) is 5.47. The van der Waals surface area contributed by atoms with Crippen molar-refractivity contribution >= 4 is 5.78 Å². The van der Waals surface area contributed by atoms with E-state index in [4.69, 9.17) is 0 Å². The lowest BCUT2D eigenvalue weighted by atomic mass is 9.70. The fourth-order valence-corrected chi connectivity index (χ4v) is 3.73. The zero-order valence-electron chi connectivity index (χ0n) is 12.0. The summed E-state index contributed by atoms with van der Waals surface area (Å²) in [5, 5.41) is 0. The maximum Gasteiger partial charge on any atom is 0.165 e. The number of hydrogen-bond donors (Lipinski definition) is 0. The fourth-order valence-electron chi connectivity index (χ4n) is 3.73. The highest BCUT2D eigenvalue weighted by Gasteiger charge is 2.63. The van der Waals surface area contributed by atoms with Gasteiger partial charge in [-0.05, 0) is 48.5 Å². The van der Waals surface area contributed by atoms with Gasteiger partial charge in [0, 0.05) is 5.41 Å². The van der Waals surface area contributed by atoms with Gasteiger partial charge in [0.25, 0.3) is 0 Å². The molecule has 0 aromatic carbocycles. The maximum atomic E-state index is 12.5. The van der Waals surface area contributed by atoms with Crippen molar-refractivity contribution in [2.45, 2.75) is 60.3 Å². The van der Waals surface area contributed by atoms with Crippen LogP contribution in [-0.4, -0.2) is 5.78 Å². The van der Waals surface area contributed by atoms with E-state index in [-0.39, 0.29) is 10.8 Å². The molecule has 0 spiro atoms. The first-order valence-electron chi connectivity index (χ1n) is 7.05. The second-order valence-corrected chi connectivity index (χ2v) is 7.10. The van der Waals surface area contributed by atoms with Crippen LogP contribution in [0.1, 0.15) is 60.3 Å². The highest BCUT2D eigenvalue weighted by atomic mass is 16.1. The molecule has 0 amide bonds. The minimum atomic E-state index is -0.0820. The minimum absolute atomic E-state index is 0.0820. The molecule has 96 valence electrons. The maximum absolute atomic E-state index is 12.5. The number of carbonyl (C=O) groups is 1. The fraction of sp³-hybridized carbons (Fsp3) is 0.812. The average molecular weight is 234 g/mol. The molecule has 2 atom stereocenters. The summed E-state index contributed by atoms with van der Waals surface area (Å²) >= 11 is 0. The summed E-state index contributed by atoms with van der Waals surface area (Å²) in [5.41, 5.74) is 1.25. The van der Waals surface area contributed by atoms with E-state index in [1.54, 1.807) is 0 Å². The van der Waals surface area contributed by atoms with Gasteiger partial charge in [-0.25, -0.2) is 0 Å². The Morgan fingerprint density at radius 3 is 2.47 bits per heavy atom. The van der Waals surface area contributed by atoms with Gasteiger partial charge in [0.05, 0.1) is 0 Å². The van der Waals surface area contributed by atoms with Crippen LogP contribution in [0.2, 0.25) is 0 Å². The summed E-state index contributed by atoms with van der Waals surface area (Å²) in [6.45, 7) is 11.2. The molecule has 0 aliphatic heterocycles. The Bertz CT molecular complexity index is 362. The van der Waals surface area contributed by atoms with Crippen LogP contribution in [0.5, 0.6) is 0 Å². The molecule has 0 radical (unpaired) electrons. The molecule has 2 rings (SSSR count). The van der Waals surface area contributed by atoms with Crippen molar-refractivity contribution in [3.8, 4) is 0 Å². The van der Waals surface area contributed by atoms with Gasteiger partial charge in [-0.15, -0.1) is 0 Å². The Balaban J connectivity index is 2.20. The number of ketones is 1. The van der Waals surface area contributed by atoms with Crippen LogP contribution in [0.15, 0.2) is 11.6 Å². The van der Waals surface area contributed by atoms with Crippen LogP contribution >= 0.6 is 0 Å². The molecule has 0 saturated heterocycles. The molecule has 0 N–H and O–H groups in total. The summed E-state index contributed by atoms with van der Waals surface area (Å²) in [4.78, 5) is 12.5. The molecule has 0 unspecified atom stereocenters. The third-order valence-corrected chi connectivity index (χ3v) is 5.47. The molecule has 1 heteroatoms. The van der Waals surface area contributed by atoms with Crippen LogP contribution in [0, 0.1) is 22.7 Å². The van der Waals surface area contributed by atoms with E-state index in [9.17, 15) is 4.79 Å². The second kappa shape index (κ2) is 3.96. The van der Waals surface area contributed by atoms with Crippen molar-refractivity contribution in [1.82, 2.24) is 0 Å². The Hall–Kier alpha value is -0.590. The standard InChI is InChI=1S/C16H26O/c1-11(2)7-6-8-12-13-9-10-16(5,14(12)17)15(13,3)4/h8,11,13H,6-7,9-10H2,1-5H3/b12-8+/t13-,16-/m1/s1. The Morgan fingerprint density at radius 2 is 2.00 bits per heavy atom. The predicted octanol–water partition coefficient (Wildman–Crippen LogP) is 4.37. The number of rotatable bonds is 3. The van der Waals surface area contributed by atoms with Crippen LogP contribution in [-0.2, 0) is 4.79 Å². The molecule has 2 saturated carbocycles. The zero-order chi connectivity index (χ0) is 12.8. The Kier molecular flexibility index (Phi) is 3.00. The highest BCUT2D eigenvalue weighted by Crippen LogP contribution is 2.65. The molecule has 0 aromatic heterocycles. The number of allylic oxidation sites excluding steroid dienone is 2. The summed E-state index contributed by atoms with van der Waals surface area (Å²) in [6.07, 6.45) is 6.81. The second-order valence-electron chi connectivity index (χ2n) is 7.10. The Labute approximate surface area is 106 Å². The molecule has 0 heterocycles. The average Bonchev–Trinajstić information content (AvgIpc) is 2.52. The SMILES string of the molecule is CC(C)CC/C=C1/C(=O)[C@@]2(C)CC[C@H]1C2(C)C. The van der Waals surface area contributed by atoms with Crippen molar-refractivity contribution in [3.63, 3.8) is 0 Å². The molecule has 2 bridgehead atoms. The van der Waals surface area contributed by atoms with Gasteiger partial charge < -0.3 is 0 Å². The lowest BCUT2D eigenvalue weighted by Crippen LogP contribution is -2.32. The molecule has 1 nitrogen and oxygen atoms in total. The van der Waals surface area contributed by atoms with Gasteiger partial charge in [-0.1, -0.05) is 40.7 Å². The van der Waals surface area contributed by atoms with E-state index in [2.05, 4.69) is 40.7 Å². The minimum Gasteiger partial charge on any atom is -0.294 e. The monoisotopic (exact) mass is 234 g/mol. The smallest absolute Gasteiger partial charge is 0.165 e. The van der Waals surface area contributed by atoms with Gasteiger partial charge in [0.15, 0.2) is 5.78 Å². The van der Waals surface area contributed by atoms with Gasteiger partial charge in [0.1, 0.15) is 0 Å². The number of Topliss-reactive ketones (excluding diaryl/α,β-unsaturated/α-hetero) is 1. The number of fused-ring (bicyclic) bond motifs is 2.